The van der Waals surface area contributed by atoms with Crippen LogP contribution in [0.5, 0.6) is 0 Å². The lowest BCUT2D eigenvalue weighted by Gasteiger charge is -2.14. The number of benzene rings is 1. The standard InChI is InChI=1S/C12H15F4N.ClH/c1-2-3-4-5-9(17)10-11(15)7(13)6-8(14)12(10)16;/h6,9H,2-5,17H2,1H3;1H/t9-;/m0./s1. The van der Waals surface area contributed by atoms with Crippen LogP contribution < -0.4 is 5.73 Å². The quantitative estimate of drug-likeness (QED) is 0.489. The van der Waals surface area contributed by atoms with Crippen LogP contribution in [-0.4, -0.2) is 0 Å². The van der Waals surface area contributed by atoms with Crippen LogP contribution in [0.1, 0.15) is 44.2 Å². The Morgan fingerprint density at radius 2 is 1.56 bits per heavy atom. The summed E-state index contributed by atoms with van der Waals surface area (Å²) in [5.41, 5.74) is 4.87. The molecule has 0 heterocycles. The fourth-order valence-electron chi connectivity index (χ4n) is 1.68. The Balaban J connectivity index is 0.00000289. The van der Waals surface area contributed by atoms with Gasteiger partial charge in [0.1, 0.15) is 0 Å². The van der Waals surface area contributed by atoms with Crippen molar-refractivity contribution in [1.29, 1.82) is 0 Å². The highest BCUT2D eigenvalue weighted by molar-refractivity contribution is 5.85. The number of rotatable bonds is 5. The van der Waals surface area contributed by atoms with Gasteiger partial charge in [0.05, 0.1) is 0 Å². The molecule has 0 aromatic heterocycles. The first kappa shape index (κ1) is 17.2. The van der Waals surface area contributed by atoms with Crippen LogP contribution in [-0.2, 0) is 0 Å². The highest BCUT2D eigenvalue weighted by atomic mass is 35.5. The molecule has 0 radical (unpaired) electrons. The Morgan fingerprint density at radius 1 is 1.06 bits per heavy atom. The highest BCUT2D eigenvalue weighted by Gasteiger charge is 2.23. The fourth-order valence-corrected chi connectivity index (χ4v) is 1.68. The molecular formula is C12H16ClF4N. The molecule has 0 bridgehead atoms. The average Bonchev–Trinajstić information content (AvgIpc) is 2.27. The molecule has 0 fully saturated rings. The molecule has 0 aliphatic heterocycles. The number of nitrogens with two attached hydrogens (primary N) is 1. The van der Waals surface area contributed by atoms with Gasteiger partial charge in [0.15, 0.2) is 23.3 Å². The van der Waals surface area contributed by atoms with Crippen molar-refractivity contribution in [3.8, 4) is 0 Å². The Bertz CT molecular complexity index is 372. The topological polar surface area (TPSA) is 26.0 Å². The van der Waals surface area contributed by atoms with Gasteiger partial charge >= 0.3 is 0 Å². The van der Waals surface area contributed by atoms with Gasteiger partial charge in [0.2, 0.25) is 0 Å². The van der Waals surface area contributed by atoms with Gasteiger partial charge < -0.3 is 5.73 Å². The summed E-state index contributed by atoms with van der Waals surface area (Å²) >= 11 is 0. The van der Waals surface area contributed by atoms with Crippen molar-refractivity contribution in [2.75, 3.05) is 0 Å². The molecule has 0 saturated carbocycles. The van der Waals surface area contributed by atoms with Crippen LogP contribution in [0.15, 0.2) is 6.07 Å². The van der Waals surface area contributed by atoms with Crippen LogP contribution in [0.25, 0.3) is 0 Å². The Labute approximate surface area is 110 Å². The van der Waals surface area contributed by atoms with E-state index < -0.39 is 34.9 Å². The zero-order valence-corrected chi connectivity index (χ0v) is 10.8. The summed E-state index contributed by atoms with van der Waals surface area (Å²) in [6.07, 6.45) is 2.74. The summed E-state index contributed by atoms with van der Waals surface area (Å²) in [7, 11) is 0. The van der Waals surface area contributed by atoms with Crippen molar-refractivity contribution in [1.82, 2.24) is 0 Å². The zero-order valence-electron chi connectivity index (χ0n) is 9.98. The Kier molecular flexibility index (Phi) is 7.25. The molecule has 0 aliphatic rings. The van der Waals surface area contributed by atoms with E-state index in [4.69, 9.17) is 5.73 Å². The summed E-state index contributed by atoms with van der Waals surface area (Å²) < 4.78 is 52.5. The molecular weight excluding hydrogens is 270 g/mol. The minimum absolute atomic E-state index is 0. The molecule has 6 heteroatoms. The van der Waals surface area contributed by atoms with Crippen LogP contribution >= 0.6 is 12.4 Å². The van der Waals surface area contributed by atoms with E-state index in [0.29, 0.717) is 12.8 Å². The third kappa shape index (κ3) is 3.85. The normalized spacial score (nSPS) is 12.1. The molecule has 0 spiro atoms. The smallest absolute Gasteiger partial charge is 0.166 e. The summed E-state index contributed by atoms with van der Waals surface area (Å²) in [5.74, 6) is -5.62. The summed E-state index contributed by atoms with van der Waals surface area (Å²) in [6.45, 7) is 1.97. The average molecular weight is 286 g/mol. The summed E-state index contributed by atoms with van der Waals surface area (Å²) in [4.78, 5) is 0. The second-order valence-electron chi connectivity index (χ2n) is 3.98. The van der Waals surface area contributed by atoms with E-state index in [1.807, 2.05) is 6.92 Å². The number of hydrogen-bond donors (Lipinski definition) is 1. The summed E-state index contributed by atoms with van der Waals surface area (Å²) in [5, 5.41) is 0. The molecule has 1 aromatic rings. The molecule has 18 heavy (non-hydrogen) atoms. The van der Waals surface area contributed by atoms with Crippen molar-refractivity contribution in [3.05, 3.63) is 34.9 Å². The van der Waals surface area contributed by atoms with Gasteiger partial charge in [-0.1, -0.05) is 26.2 Å². The lowest BCUT2D eigenvalue weighted by atomic mass is 10.00. The van der Waals surface area contributed by atoms with Crippen LogP contribution in [0.3, 0.4) is 0 Å². The fraction of sp³-hybridized carbons (Fsp3) is 0.500. The van der Waals surface area contributed by atoms with E-state index in [-0.39, 0.29) is 18.5 Å². The molecule has 1 atom stereocenters. The lowest BCUT2D eigenvalue weighted by Crippen LogP contribution is -2.16. The van der Waals surface area contributed by atoms with Crippen LogP contribution in [0.2, 0.25) is 0 Å². The van der Waals surface area contributed by atoms with E-state index in [0.717, 1.165) is 12.8 Å². The van der Waals surface area contributed by atoms with Gasteiger partial charge in [-0.2, -0.15) is 0 Å². The van der Waals surface area contributed by atoms with E-state index >= 15 is 0 Å². The Hall–Kier alpha value is -0.810. The molecule has 1 aromatic carbocycles. The second kappa shape index (κ2) is 7.59. The van der Waals surface area contributed by atoms with E-state index in [9.17, 15) is 17.6 Å². The first-order valence-corrected chi connectivity index (χ1v) is 5.57. The van der Waals surface area contributed by atoms with Gasteiger partial charge in [0.25, 0.3) is 0 Å². The summed E-state index contributed by atoms with van der Waals surface area (Å²) in [6, 6.07) is -0.834. The van der Waals surface area contributed by atoms with Crippen molar-refractivity contribution >= 4 is 12.4 Å². The van der Waals surface area contributed by atoms with E-state index in [1.54, 1.807) is 0 Å². The number of unbranched alkanes of at least 4 members (excludes halogenated alkanes) is 2. The maximum absolute atomic E-state index is 13.3. The minimum atomic E-state index is -1.41. The zero-order chi connectivity index (χ0) is 13.0. The van der Waals surface area contributed by atoms with Gasteiger partial charge in [-0.25, -0.2) is 17.6 Å². The van der Waals surface area contributed by atoms with Gasteiger partial charge in [-0.05, 0) is 6.42 Å². The SMILES string of the molecule is CCCCC[C@H](N)c1c(F)c(F)cc(F)c1F.Cl. The predicted molar refractivity (Wildman–Crippen MR) is 64.6 cm³/mol. The maximum atomic E-state index is 13.3. The Morgan fingerprint density at radius 3 is 2.00 bits per heavy atom. The lowest BCUT2D eigenvalue weighted by molar-refractivity contribution is 0.419. The van der Waals surface area contributed by atoms with Crippen molar-refractivity contribution in [3.63, 3.8) is 0 Å². The van der Waals surface area contributed by atoms with E-state index in [2.05, 4.69) is 0 Å². The molecule has 1 nitrogen and oxygen atoms in total. The molecule has 104 valence electrons. The third-order valence-corrected chi connectivity index (χ3v) is 2.64. The molecule has 0 aliphatic carbocycles. The molecule has 0 saturated heterocycles. The molecule has 1 rings (SSSR count). The largest absolute Gasteiger partial charge is 0.324 e. The van der Waals surface area contributed by atoms with E-state index in [1.165, 1.54) is 0 Å². The van der Waals surface area contributed by atoms with Gasteiger partial charge in [0, 0.05) is 17.7 Å². The predicted octanol–water partition coefficient (Wildman–Crippen LogP) is 4.24. The first-order chi connectivity index (χ1) is 7.99. The molecule has 0 unspecified atom stereocenters. The minimum Gasteiger partial charge on any atom is -0.324 e. The second-order valence-corrected chi connectivity index (χ2v) is 3.98. The number of halogens is 5. The van der Waals surface area contributed by atoms with Crippen molar-refractivity contribution < 1.29 is 17.6 Å². The molecule has 0 amide bonds. The van der Waals surface area contributed by atoms with Gasteiger partial charge in [-0.3, -0.25) is 0 Å². The number of hydrogen-bond acceptors (Lipinski definition) is 1. The third-order valence-electron chi connectivity index (χ3n) is 2.64. The van der Waals surface area contributed by atoms with Crippen molar-refractivity contribution in [2.45, 2.75) is 38.6 Å². The highest BCUT2D eigenvalue weighted by Crippen LogP contribution is 2.26. The van der Waals surface area contributed by atoms with Crippen molar-refractivity contribution in [2.24, 2.45) is 5.73 Å². The maximum Gasteiger partial charge on any atom is 0.166 e. The van der Waals surface area contributed by atoms with Crippen LogP contribution in [0.4, 0.5) is 17.6 Å². The van der Waals surface area contributed by atoms with Crippen LogP contribution in [0, 0.1) is 23.3 Å². The monoisotopic (exact) mass is 285 g/mol. The van der Waals surface area contributed by atoms with Gasteiger partial charge in [-0.15, -0.1) is 12.4 Å². The molecule has 2 N–H and O–H groups in total. The first-order valence-electron chi connectivity index (χ1n) is 5.57.